The van der Waals surface area contributed by atoms with Crippen LogP contribution in [-0.2, 0) is 4.79 Å². The molecule has 1 aliphatic carbocycles. The first-order valence-electron chi connectivity index (χ1n) is 9.51. The fraction of sp³-hybridized carbons (Fsp3) is 0.286. The Morgan fingerprint density at radius 2 is 2.03 bits per heavy atom. The average molecular weight is 465 g/mol. The molecule has 0 radical (unpaired) electrons. The highest BCUT2D eigenvalue weighted by atomic mass is 35.5. The fourth-order valence-electron chi connectivity index (χ4n) is 3.21. The standard InChI is InChI=1S/C21H19Cl2FN4OS/c1-12(15-9-6-13(22)10-17(15)23)25-19(29)11-30-21-27-26-20(28(21)14-7-8-14)16-4-2-3-5-18(16)24/h2-6,9-10,12,14H,7-8,11H2,1H3,(H,25,29). The Morgan fingerprint density at radius 3 is 2.73 bits per heavy atom. The highest BCUT2D eigenvalue weighted by Crippen LogP contribution is 2.41. The van der Waals surface area contributed by atoms with Gasteiger partial charge >= 0.3 is 0 Å². The Labute approximate surface area is 188 Å². The number of halogens is 3. The number of hydrogen-bond acceptors (Lipinski definition) is 4. The highest BCUT2D eigenvalue weighted by molar-refractivity contribution is 7.99. The minimum absolute atomic E-state index is 0.156. The molecule has 1 unspecified atom stereocenters. The van der Waals surface area contributed by atoms with E-state index in [2.05, 4.69) is 15.5 Å². The third-order valence-corrected chi connectivity index (χ3v) is 6.34. The topological polar surface area (TPSA) is 59.8 Å². The zero-order valence-electron chi connectivity index (χ0n) is 16.1. The van der Waals surface area contributed by atoms with E-state index in [4.69, 9.17) is 23.2 Å². The lowest BCUT2D eigenvalue weighted by molar-refractivity contribution is -0.119. The van der Waals surface area contributed by atoms with E-state index < -0.39 is 0 Å². The first-order chi connectivity index (χ1) is 14.4. The van der Waals surface area contributed by atoms with Gasteiger partial charge in [0.25, 0.3) is 0 Å². The van der Waals surface area contributed by atoms with Crippen LogP contribution in [0.3, 0.4) is 0 Å². The molecule has 0 bridgehead atoms. The summed E-state index contributed by atoms with van der Waals surface area (Å²) in [5.74, 6) is 0.170. The second-order valence-corrected chi connectivity index (χ2v) is 8.92. The summed E-state index contributed by atoms with van der Waals surface area (Å²) in [7, 11) is 0. The molecule has 5 nitrogen and oxygen atoms in total. The molecular formula is C21H19Cl2FN4OS. The van der Waals surface area contributed by atoms with Gasteiger partial charge in [0.2, 0.25) is 5.91 Å². The maximum Gasteiger partial charge on any atom is 0.230 e. The number of carbonyl (C=O) groups excluding carboxylic acids is 1. The second kappa shape index (κ2) is 8.96. The average Bonchev–Trinajstić information content (AvgIpc) is 3.46. The molecule has 1 N–H and O–H groups in total. The first-order valence-corrected chi connectivity index (χ1v) is 11.2. The number of rotatable bonds is 7. The number of thioether (sulfide) groups is 1. The molecule has 2 aromatic carbocycles. The van der Waals surface area contributed by atoms with Crippen LogP contribution in [0.25, 0.3) is 11.4 Å². The predicted molar refractivity (Wildman–Crippen MR) is 117 cm³/mol. The van der Waals surface area contributed by atoms with Crippen molar-refractivity contribution in [3.63, 3.8) is 0 Å². The molecule has 1 aliphatic rings. The van der Waals surface area contributed by atoms with Gasteiger partial charge in [-0.25, -0.2) is 4.39 Å². The van der Waals surface area contributed by atoms with Gasteiger partial charge in [0.1, 0.15) is 5.82 Å². The smallest absolute Gasteiger partial charge is 0.230 e. The Balaban J connectivity index is 1.45. The van der Waals surface area contributed by atoms with E-state index in [1.807, 2.05) is 11.5 Å². The van der Waals surface area contributed by atoms with Gasteiger partial charge in [-0.05, 0) is 49.6 Å². The molecule has 156 valence electrons. The number of nitrogens with one attached hydrogen (secondary N) is 1. The van der Waals surface area contributed by atoms with Crippen molar-refractivity contribution in [3.05, 3.63) is 63.9 Å². The number of carbonyl (C=O) groups is 1. The monoisotopic (exact) mass is 464 g/mol. The van der Waals surface area contributed by atoms with Crippen molar-refractivity contribution < 1.29 is 9.18 Å². The van der Waals surface area contributed by atoms with E-state index in [0.717, 1.165) is 18.4 Å². The second-order valence-electron chi connectivity index (χ2n) is 7.13. The SMILES string of the molecule is CC(NC(=O)CSc1nnc(-c2ccccc2F)n1C1CC1)c1ccc(Cl)cc1Cl. The summed E-state index contributed by atoms with van der Waals surface area (Å²) >= 11 is 13.4. The molecule has 1 amide bonds. The van der Waals surface area contributed by atoms with Crippen LogP contribution in [0.5, 0.6) is 0 Å². The maximum atomic E-state index is 14.3. The Morgan fingerprint density at radius 1 is 1.27 bits per heavy atom. The highest BCUT2D eigenvalue weighted by Gasteiger charge is 2.31. The number of aromatic nitrogens is 3. The van der Waals surface area contributed by atoms with Crippen LogP contribution in [-0.4, -0.2) is 26.4 Å². The molecule has 1 saturated carbocycles. The van der Waals surface area contributed by atoms with Crippen LogP contribution in [0.4, 0.5) is 4.39 Å². The minimum atomic E-state index is -0.338. The van der Waals surface area contributed by atoms with Gasteiger partial charge in [0.15, 0.2) is 11.0 Å². The van der Waals surface area contributed by atoms with Crippen molar-refractivity contribution in [1.29, 1.82) is 0 Å². The molecule has 4 rings (SSSR count). The van der Waals surface area contributed by atoms with Crippen LogP contribution in [0.1, 0.15) is 37.4 Å². The molecule has 0 spiro atoms. The Bertz CT molecular complexity index is 1090. The lowest BCUT2D eigenvalue weighted by atomic mass is 10.1. The molecule has 1 aromatic heterocycles. The van der Waals surface area contributed by atoms with Gasteiger partial charge in [-0.1, -0.05) is 53.2 Å². The molecule has 1 fully saturated rings. The number of amides is 1. The maximum absolute atomic E-state index is 14.3. The van der Waals surface area contributed by atoms with Gasteiger partial charge in [0.05, 0.1) is 17.4 Å². The van der Waals surface area contributed by atoms with E-state index in [9.17, 15) is 9.18 Å². The normalized spacial score (nSPS) is 14.5. The fourth-order valence-corrected chi connectivity index (χ4v) is 4.60. The van der Waals surface area contributed by atoms with Crippen LogP contribution in [0.2, 0.25) is 10.0 Å². The Hall–Kier alpha value is -2.09. The number of nitrogens with zero attached hydrogens (tertiary/aromatic N) is 3. The van der Waals surface area contributed by atoms with Gasteiger partial charge in [-0.15, -0.1) is 10.2 Å². The first kappa shape index (κ1) is 21.2. The summed E-state index contributed by atoms with van der Waals surface area (Å²) in [5, 5.41) is 13.0. The van der Waals surface area contributed by atoms with Crippen LogP contribution < -0.4 is 5.32 Å². The summed E-state index contributed by atoms with van der Waals surface area (Å²) in [4.78, 5) is 12.5. The van der Waals surface area contributed by atoms with Crippen molar-refractivity contribution in [2.75, 3.05) is 5.75 Å². The van der Waals surface area contributed by atoms with E-state index in [1.165, 1.54) is 17.8 Å². The van der Waals surface area contributed by atoms with Crippen LogP contribution >= 0.6 is 35.0 Å². The van der Waals surface area contributed by atoms with Gasteiger partial charge < -0.3 is 5.32 Å². The zero-order chi connectivity index (χ0) is 21.3. The summed E-state index contributed by atoms with van der Waals surface area (Å²) < 4.78 is 16.2. The van der Waals surface area contributed by atoms with E-state index in [0.29, 0.717) is 26.6 Å². The molecule has 1 atom stereocenters. The molecule has 30 heavy (non-hydrogen) atoms. The molecular weight excluding hydrogens is 446 g/mol. The molecule has 0 aliphatic heterocycles. The van der Waals surface area contributed by atoms with E-state index in [1.54, 1.807) is 36.4 Å². The minimum Gasteiger partial charge on any atom is -0.349 e. The van der Waals surface area contributed by atoms with E-state index >= 15 is 0 Å². The summed E-state index contributed by atoms with van der Waals surface area (Å²) in [5.41, 5.74) is 1.21. The lowest BCUT2D eigenvalue weighted by Gasteiger charge is -2.16. The lowest BCUT2D eigenvalue weighted by Crippen LogP contribution is -2.28. The molecule has 1 heterocycles. The van der Waals surface area contributed by atoms with E-state index in [-0.39, 0.29) is 29.6 Å². The molecule has 9 heteroatoms. The van der Waals surface area contributed by atoms with Crippen molar-refractivity contribution in [1.82, 2.24) is 20.1 Å². The zero-order valence-corrected chi connectivity index (χ0v) is 18.4. The van der Waals surface area contributed by atoms with Crippen molar-refractivity contribution >= 4 is 40.9 Å². The van der Waals surface area contributed by atoms with Gasteiger partial charge in [-0.2, -0.15) is 0 Å². The van der Waals surface area contributed by atoms with Crippen molar-refractivity contribution in [2.45, 2.75) is 37.0 Å². The molecule has 3 aromatic rings. The number of benzene rings is 2. The number of hydrogen-bond donors (Lipinski definition) is 1. The quantitative estimate of drug-likeness (QED) is 0.455. The van der Waals surface area contributed by atoms with Crippen molar-refractivity contribution in [2.24, 2.45) is 0 Å². The summed E-state index contributed by atoms with van der Waals surface area (Å²) in [6.45, 7) is 1.86. The summed E-state index contributed by atoms with van der Waals surface area (Å²) in [6, 6.07) is 11.7. The third-order valence-electron chi connectivity index (χ3n) is 4.83. The molecule has 0 saturated heterocycles. The van der Waals surface area contributed by atoms with Gasteiger partial charge in [0, 0.05) is 16.1 Å². The Kier molecular flexibility index (Phi) is 6.32. The third kappa shape index (κ3) is 4.63. The largest absolute Gasteiger partial charge is 0.349 e. The van der Waals surface area contributed by atoms with Crippen LogP contribution in [0.15, 0.2) is 47.6 Å². The van der Waals surface area contributed by atoms with Crippen molar-refractivity contribution in [3.8, 4) is 11.4 Å². The summed E-state index contributed by atoms with van der Waals surface area (Å²) in [6.07, 6.45) is 1.98. The van der Waals surface area contributed by atoms with Gasteiger partial charge in [-0.3, -0.25) is 9.36 Å². The predicted octanol–water partition coefficient (Wildman–Crippen LogP) is 5.70. The van der Waals surface area contributed by atoms with Crippen LogP contribution in [0, 0.1) is 5.82 Å².